The average molecular weight is 336 g/mol. The van der Waals surface area contributed by atoms with Crippen LogP contribution in [0.3, 0.4) is 0 Å². The van der Waals surface area contributed by atoms with Crippen LogP contribution in [0.4, 0.5) is 4.39 Å². The molecule has 0 saturated carbocycles. The topological polar surface area (TPSA) is 63.4 Å². The molecule has 0 N–H and O–H groups in total. The van der Waals surface area contributed by atoms with Crippen molar-refractivity contribution in [2.45, 2.75) is 5.92 Å². The van der Waals surface area contributed by atoms with Gasteiger partial charge in [0.05, 0.1) is 23.2 Å². The highest BCUT2D eigenvalue weighted by atomic mass is 19.1. The third-order valence-electron chi connectivity index (χ3n) is 4.27. The van der Waals surface area contributed by atoms with Crippen molar-refractivity contribution < 1.29 is 18.4 Å². The number of aromatic nitrogens is 1. The molecule has 1 aliphatic rings. The Morgan fingerprint density at radius 3 is 2.24 bits per heavy atom. The average Bonchev–Trinajstić information content (AvgIpc) is 3.24. The van der Waals surface area contributed by atoms with Crippen molar-refractivity contribution in [3.63, 3.8) is 0 Å². The minimum atomic E-state index is -0.682. The van der Waals surface area contributed by atoms with Crippen molar-refractivity contribution in [3.05, 3.63) is 89.4 Å². The number of carbonyl (C=O) groups is 2. The molecule has 0 bridgehead atoms. The third kappa shape index (κ3) is 2.52. The summed E-state index contributed by atoms with van der Waals surface area (Å²) in [7, 11) is 0. The lowest BCUT2D eigenvalue weighted by Crippen LogP contribution is -2.34. The van der Waals surface area contributed by atoms with Gasteiger partial charge in [0.2, 0.25) is 5.89 Å². The fraction of sp³-hybridized carbons (Fsp3) is 0.105. The number of hydrogen-bond acceptors (Lipinski definition) is 4. The number of hydrogen-bond donors (Lipinski definition) is 0. The standard InChI is InChI=1S/C19H13FN2O3/c20-16-8-4-3-5-12(16)15(17-21-9-10-25-17)11-22-18(23)13-6-1-2-7-14(13)19(22)24/h1-10,15H,11H2. The molecule has 1 aliphatic heterocycles. The molecule has 0 radical (unpaired) electrons. The molecule has 25 heavy (non-hydrogen) atoms. The summed E-state index contributed by atoms with van der Waals surface area (Å²) in [5.41, 5.74) is 1.03. The van der Waals surface area contributed by atoms with Crippen LogP contribution in [0.5, 0.6) is 0 Å². The van der Waals surface area contributed by atoms with Gasteiger partial charge in [-0.05, 0) is 18.2 Å². The van der Waals surface area contributed by atoms with E-state index in [0.717, 1.165) is 4.90 Å². The first-order valence-corrected chi connectivity index (χ1v) is 7.76. The zero-order valence-electron chi connectivity index (χ0n) is 13.1. The second-order valence-corrected chi connectivity index (χ2v) is 5.71. The van der Waals surface area contributed by atoms with Gasteiger partial charge in [-0.3, -0.25) is 14.5 Å². The van der Waals surface area contributed by atoms with E-state index in [1.165, 1.54) is 18.5 Å². The predicted molar refractivity (Wildman–Crippen MR) is 86.6 cm³/mol. The van der Waals surface area contributed by atoms with Gasteiger partial charge in [-0.1, -0.05) is 30.3 Å². The lowest BCUT2D eigenvalue weighted by atomic mass is 9.97. The Labute approximate surface area is 142 Å². The van der Waals surface area contributed by atoms with E-state index < -0.39 is 23.5 Å². The molecular weight excluding hydrogens is 323 g/mol. The van der Waals surface area contributed by atoms with E-state index in [4.69, 9.17) is 4.42 Å². The van der Waals surface area contributed by atoms with E-state index in [1.54, 1.807) is 42.5 Å². The number of benzene rings is 2. The molecule has 0 aliphatic carbocycles. The highest BCUT2D eigenvalue weighted by molar-refractivity contribution is 6.21. The van der Waals surface area contributed by atoms with Crippen molar-refractivity contribution in [1.82, 2.24) is 9.88 Å². The molecule has 0 fully saturated rings. The van der Waals surface area contributed by atoms with Crippen LogP contribution in [0, 0.1) is 5.82 Å². The SMILES string of the molecule is O=C1c2ccccc2C(=O)N1CC(c1ncco1)c1ccccc1F. The minimum Gasteiger partial charge on any atom is -0.448 e. The number of carbonyl (C=O) groups excluding carboxylic acids is 2. The Bertz CT molecular complexity index is 918. The summed E-state index contributed by atoms with van der Waals surface area (Å²) in [5, 5.41) is 0. The third-order valence-corrected chi connectivity index (χ3v) is 4.27. The molecule has 1 atom stereocenters. The smallest absolute Gasteiger partial charge is 0.261 e. The Balaban J connectivity index is 1.73. The summed E-state index contributed by atoms with van der Waals surface area (Å²) in [6.45, 7) is -0.0478. The molecule has 0 saturated heterocycles. The van der Waals surface area contributed by atoms with Gasteiger partial charge >= 0.3 is 0 Å². The molecule has 3 aromatic rings. The summed E-state index contributed by atoms with van der Waals surface area (Å²) in [6.07, 6.45) is 2.83. The van der Waals surface area contributed by atoms with Gasteiger partial charge in [0, 0.05) is 12.1 Å². The normalized spacial score (nSPS) is 14.7. The number of oxazole rings is 1. The molecular formula is C19H13FN2O3. The van der Waals surface area contributed by atoms with Crippen molar-refractivity contribution in [1.29, 1.82) is 0 Å². The minimum absolute atomic E-state index is 0.0478. The van der Waals surface area contributed by atoms with E-state index in [0.29, 0.717) is 16.7 Å². The highest BCUT2D eigenvalue weighted by Crippen LogP contribution is 2.30. The maximum atomic E-state index is 14.3. The molecule has 2 aromatic carbocycles. The molecule has 1 unspecified atom stereocenters. The number of nitrogens with zero attached hydrogens (tertiary/aromatic N) is 2. The summed E-state index contributed by atoms with van der Waals surface area (Å²) in [4.78, 5) is 30.4. The lowest BCUT2D eigenvalue weighted by Gasteiger charge is -2.21. The highest BCUT2D eigenvalue weighted by Gasteiger charge is 2.38. The van der Waals surface area contributed by atoms with Gasteiger partial charge in [0.25, 0.3) is 11.8 Å². The van der Waals surface area contributed by atoms with E-state index in [2.05, 4.69) is 4.98 Å². The molecule has 2 amide bonds. The molecule has 0 spiro atoms. The van der Waals surface area contributed by atoms with Crippen molar-refractivity contribution in [3.8, 4) is 0 Å². The van der Waals surface area contributed by atoms with Gasteiger partial charge in [0.1, 0.15) is 12.1 Å². The van der Waals surface area contributed by atoms with Gasteiger partial charge in [0.15, 0.2) is 0 Å². The van der Waals surface area contributed by atoms with Gasteiger partial charge in [-0.2, -0.15) is 0 Å². The van der Waals surface area contributed by atoms with Crippen molar-refractivity contribution in [2.75, 3.05) is 6.54 Å². The maximum absolute atomic E-state index is 14.3. The number of halogens is 1. The monoisotopic (exact) mass is 336 g/mol. The molecule has 6 heteroatoms. The zero-order chi connectivity index (χ0) is 17.4. The number of rotatable bonds is 4. The molecule has 2 heterocycles. The Kier molecular flexibility index (Phi) is 3.65. The molecule has 1 aromatic heterocycles. The fourth-order valence-corrected chi connectivity index (χ4v) is 3.06. The first-order valence-electron chi connectivity index (χ1n) is 7.76. The lowest BCUT2D eigenvalue weighted by molar-refractivity contribution is 0.0645. The summed E-state index contributed by atoms with van der Waals surface area (Å²) >= 11 is 0. The van der Waals surface area contributed by atoms with Gasteiger partial charge in [-0.15, -0.1) is 0 Å². The summed E-state index contributed by atoms with van der Waals surface area (Å²) < 4.78 is 19.6. The van der Waals surface area contributed by atoms with Crippen molar-refractivity contribution in [2.24, 2.45) is 0 Å². The van der Waals surface area contributed by atoms with E-state index >= 15 is 0 Å². The van der Waals surface area contributed by atoms with Crippen LogP contribution < -0.4 is 0 Å². The summed E-state index contributed by atoms with van der Waals surface area (Å²) in [6, 6.07) is 12.8. The quantitative estimate of drug-likeness (QED) is 0.686. The van der Waals surface area contributed by atoms with Crippen LogP contribution in [0.15, 0.2) is 65.4 Å². The molecule has 5 nitrogen and oxygen atoms in total. The Morgan fingerprint density at radius 2 is 1.64 bits per heavy atom. The molecule has 4 rings (SSSR count). The number of amides is 2. The van der Waals surface area contributed by atoms with Crippen molar-refractivity contribution >= 4 is 11.8 Å². The second kappa shape index (κ2) is 5.98. The van der Waals surface area contributed by atoms with E-state index in [9.17, 15) is 14.0 Å². The predicted octanol–water partition coefficient (Wildman–Crippen LogP) is 3.24. The van der Waals surface area contributed by atoms with Crippen LogP contribution in [0.25, 0.3) is 0 Å². The Morgan fingerprint density at radius 1 is 1.00 bits per heavy atom. The van der Waals surface area contributed by atoms with E-state index in [1.807, 2.05) is 0 Å². The van der Waals surface area contributed by atoms with Crippen LogP contribution in [-0.2, 0) is 0 Å². The van der Waals surface area contributed by atoms with Crippen LogP contribution in [-0.4, -0.2) is 28.2 Å². The first kappa shape index (κ1) is 15.3. The van der Waals surface area contributed by atoms with E-state index in [-0.39, 0.29) is 12.4 Å². The fourth-order valence-electron chi connectivity index (χ4n) is 3.06. The van der Waals surface area contributed by atoms with Crippen LogP contribution in [0.2, 0.25) is 0 Å². The number of fused-ring (bicyclic) bond motifs is 1. The van der Waals surface area contributed by atoms with Crippen LogP contribution in [0.1, 0.15) is 38.1 Å². The van der Waals surface area contributed by atoms with Gasteiger partial charge in [-0.25, -0.2) is 9.37 Å². The molecule has 124 valence electrons. The zero-order valence-corrected chi connectivity index (χ0v) is 13.1. The second-order valence-electron chi connectivity index (χ2n) is 5.71. The van der Waals surface area contributed by atoms with Crippen LogP contribution >= 0.6 is 0 Å². The Hall–Kier alpha value is -3.28. The maximum Gasteiger partial charge on any atom is 0.261 e. The summed E-state index contributed by atoms with van der Waals surface area (Å²) in [5.74, 6) is -1.66. The number of imide groups is 1. The first-order chi connectivity index (χ1) is 12.2. The van der Waals surface area contributed by atoms with Gasteiger partial charge < -0.3 is 4.42 Å². The largest absolute Gasteiger partial charge is 0.448 e.